The largest absolute Gasteiger partial charge is 0.325 e. The van der Waals surface area contributed by atoms with E-state index in [9.17, 15) is 27.3 Å². The molecule has 1 rings (SSSR count). The Balaban J connectivity index is 0.00000400. The van der Waals surface area contributed by atoms with Crippen molar-refractivity contribution in [3.05, 3.63) is 33.9 Å². The van der Waals surface area contributed by atoms with E-state index in [0.29, 0.717) is 0 Å². The molecular formula is C10H14ClF2N3O4S. The highest BCUT2D eigenvalue weighted by molar-refractivity contribution is 7.89. The van der Waals surface area contributed by atoms with Crippen LogP contribution in [0.4, 0.5) is 14.5 Å². The van der Waals surface area contributed by atoms with E-state index in [1.54, 1.807) is 4.72 Å². The SMILES string of the molecule is Cc1cccc([N+](=O)[O-])c1S(=O)(=O)NCC(F)(F)CN.Cl. The fraction of sp³-hybridized carbons (Fsp3) is 0.400. The van der Waals surface area contributed by atoms with Gasteiger partial charge in [0.25, 0.3) is 11.6 Å². The second-order valence-electron chi connectivity index (χ2n) is 4.06. The van der Waals surface area contributed by atoms with Gasteiger partial charge in [0.1, 0.15) is 0 Å². The molecule has 0 fully saturated rings. The van der Waals surface area contributed by atoms with Crippen LogP contribution in [0, 0.1) is 17.0 Å². The van der Waals surface area contributed by atoms with Gasteiger partial charge in [-0.05, 0) is 12.5 Å². The van der Waals surface area contributed by atoms with Crippen molar-refractivity contribution in [2.75, 3.05) is 13.1 Å². The molecule has 0 aliphatic carbocycles. The van der Waals surface area contributed by atoms with E-state index < -0.39 is 44.5 Å². The number of nitrogens with zero attached hydrogens (tertiary/aromatic N) is 1. The molecule has 0 radical (unpaired) electrons. The number of nitrogens with one attached hydrogen (secondary N) is 1. The smallest absolute Gasteiger partial charge is 0.289 e. The summed E-state index contributed by atoms with van der Waals surface area (Å²) >= 11 is 0. The summed E-state index contributed by atoms with van der Waals surface area (Å²) in [6, 6.07) is 3.63. The lowest BCUT2D eigenvalue weighted by Gasteiger charge is -2.15. The van der Waals surface area contributed by atoms with Crippen LogP contribution >= 0.6 is 12.4 Å². The summed E-state index contributed by atoms with van der Waals surface area (Å²) in [7, 11) is -4.44. The van der Waals surface area contributed by atoms with Gasteiger partial charge in [-0.3, -0.25) is 10.1 Å². The quantitative estimate of drug-likeness (QED) is 0.593. The highest BCUT2D eigenvalue weighted by atomic mass is 35.5. The van der Waals surface area contributed by atoms with Gasteiger partial charge in [-0.15, -0.1) is 12.4 Å². The third-order valence-electron chi connectivity index (χ3n) is 2.48. The molecule has 11 heteroatoms. The van der Waals surface area contributed by atoms with Crippen molar-refractivity contribution < 1.29 is 22.1 Å². The Morgan fingerprint density at radius 3 is 2.48 bits per heavy atom. The molecule has 0 spiro atoms. The number of sulfonamides is 1. The molecule has 7 nitrogen and oxygen atoms in total. The highest BCUT2D eigenvalue weighted by Crippen LogP contribution is 2.27. The number of nitrogens with two attached hydrogens (primary N) is 1. The van der Waals surface area contributed by atoms with E-state index in [1.165, 1.54) is 19.1 Å². The minimum Gasteiger partial charge on any atom is -0.325 e. The number of hydrogen-bond acceptors (Lipinski definition) is 5. The molecule has 0 heterocycles. The van der Waals surface area contributed by atoms with Crippen molar-refractivity contribution in [3.8, 4) is 0 Å². The minimum atomic E-state index is -4.44. The third kappa shape index (κ3) is 4.84. The average Bonchev–Trinajstić information content (AvgIpc) is 2.36. The van der Waals surface area contributed by atoms with Crippen LogP contribution in [0.1, 0.15) is 5.56 Å². The van der Waals surface area contributed by atoms with Crippen LogP contribution in [0.3, 0.4) is 0 Å². The standard InChI is InChI=1S/C10H13F2N3O4S.ClH/c1-7-3-2-4-8(15(16)17)9(7)20(18,19)14-6-10(11,12)5-13;/h2-4,14H,5-6,13H2,1H3;1H. The Morgan fingerprint density at radius 1 is 1.43 bits per heavy atom. The zero-order chi connectivity index (χ0) is 15.6. The fourth-order valence-electron chi connectivity index (χ4n) is 1.48. The van der Waals surface area contributed by atoms with Crippen LogP contribution in [-0.2, 0) is 10.0 Å². The Kier molecular flexibility index (Phi) is 6.61. The van der Waals surface area contributed by atoms with Crippen molar-refractivity contribution in [1.29, 1.82) is 0 Å². The van der Waals surface area contributed by atoms with Gasteiger partial charge in [0.05, 0.1) is 18.0 Å². The zero-order valence-electron chi connectivity index (χ0n) is 10.9. The predicted molar refractivity (Wildman–Crippen MR) is 74.3 cm³/mol. The van der Waals surface area contributed by atoms with Gasteiger partial charge in [0.2, 0.25) is 10.0 Å². The number of hydrogen-bond donors (Lipinski definition) is 2. The summed E-state index contributed by atoms with van der Waals surface area (Å²) in [5.41, 5.74) is 4.20. The van der Waals surface area contributed by atoms with E-state index in [2.05, 4.69) is 0 Å². The molecule has 0 aliphatic heterocycles. The van der Waals surface area contributed by atoms with Crippen molar-refractivity contribution >= 4 is 28.1 Å². The predicted octanol–water partition coefficient (Wildman–Crippen LogP) is 1.20. The van der Waals surface area contributed by atoms with Gasteiger partial charge in [0, 0.05) is 6.07 Å². The van der Waals surface area contributed by atoms with Crippen LogP contribution < -0.4 is 10.5 Å². The Morgan fingerprint density at radius 2 is 2.00 bits per heavy atom. The molecular weight excluding hydrogens is 332 g/mol. The van der Waals surface area contributed by atoms with Crippen LogP contribution in [0.5, 0.6) is 0 Å². The third-order valence-corrected chi connectivity index (χ3v) is 4.07. The zero-order valence-corrected chi connectivity index (χ0v) is 12.5. The molecule has 0 atom stereocenters. The maximum Gasteiger partial charge on any atom is 0.289 e. The second kappa shape index (κ2) is 7.07. The van der Waals surface area contributed by atoms with Crippen LogP contribution in [-0.4, -0.2) is 32.4 Å². The van der Waals surface area contributed by atoms with Crippen molar-refractivity contribution in [2.24, 2.45) is 5.73 Å². The normalized spacial score (nSPS) is 11.8. The Hall–Kier alpha value is -1.36. The van der Waals surface area contributed by atoms with Gasteiger partial charge in [0.15, 0.2) is 4.90 Å². The Labute approximate surface area is 126 Å². The number of benzene rings is 1. The topological polar surface area (TPSA) is 115 Å². The van der Waals surface area contributed by atoms with E-state index >= 15 is 0 Å². The molecule has 3 N–H and O–H groups in total. The number of alkyl halides is 2. The van der Waals surface area contributed by atoms with Crippen molar-refractivity contribution in [1.82, 2.24) is 4.72 Å². The number of rotatable bonds is 6. The summed E-state index contributed by atoms with van der Waals surface area (Å²) in [4.78, 5) is 9.31. The molecule has 21 heavy (non-hydrogen) atoms. The highest BCUT2D eigenvalue weighted by Gasteiger charge is 2.33. The number of halogens is 3. The lowest BCUT2D eigenvalue weighted by atomic mass is 10.2. The molecule has 120 valence electrons. The number of nitro benzene ring substituents is 1. The summed E-state index contributed by atoms with van der Waals surface area (Å²) in [5.74, 6) is -3.43. The van der Waals surface area contributed by atoms with Gasteiger partial charge >= 0.3 is 0 Å². The van der Waals surface area contributed by atoms with Crippen LogP contribution in [0.25, 0.3) is 0 Å². The van der Waals surface area contributed by atoms with Crippen LogP contribution in [0.15, 0.2) is 23.1 Å². The van der Waals surface area contributed by atoms with E-state index in [-0.39, 0.29) is 18.0 Å². The van der Waals surface area contributed by atoms with E-state index in [4.69, 9.17) is 5.73 Å². The molecule has 0 aromatic heterocycles. The molecule has 0 amide bonds. The van der Waals surface area contributed by atoms with Crippen molar-refractivity contribution in [3.63, 3.8) is 0 Å². The first-order valence-electron chi connectivity index (χ1n) is 5.42. The first-order valence-corrected chi connectivity index (χ1v) is 6.90. The summed E-state index contributed by atoms with van der Waals surface area (Å²) in [5, 5.41) is 10.8. The first-order chi connectivity index (χ1) is 9.10. The first kappa shape index (κ1) is 19.6. The monoisotopic (exact) mass is 345 g/mol. The summed E-state index contributed by atoms with van der Waals surface area (Å²) in [6.45, 7) is -0.925. The molecule has 1 aromatic rings. The van der Waals surface area contributed by atoms with Gasteiger partial charge in [-0.2, -0.15) is 0 Å². The number of nitro groups is 1. The van der Waals surface area contributed by atoms with E-state index in [0.717, 1.165) is 6.07 Å². The summed E-state index contributed by atoms with van der Waals surface area (Å²) < 4.78 is 51.5. The molecule has 0 saturated heterocycles. The second-order valence-corrected chi connectivity index (χ2v) is 5.77. The number of aryl methyl sites for hydroxylation is 1. The fourth-order valence-corrected chi connectivity index (χ4v) is 2.93. The maximum absolute atomic E-state index is 13.0. The van der Waals surface area contributed by atoms with Gasteiger partial charge < -0.3 is 5.73 Å². The minimum absolute atomic E-state index is 0. The van der Waals surface area contributed by atoms with E-state index in [1.807, 2.05) is 0 Å². The maximum atomic E-state index is 13.0. The molecule has 0 aliphatic rings. The average molecular weight is 346 g/mol. The van der Waals surface area contributed by atoms with Crippen molar-refractivity contribution in [2.45, 2.75) is 17.7 Å². The van der Waals surface area contributed by atoms with Gasteiger partial charge in [-0.25, -0.2) is 21.9 Å². The van der Waals surface area contributed by atoms with Crippen LogP contribution in [0.2, 0.25) is 0 Å². The molecule has 1 aromatic carbocycles. The Bertz CT molecular complexity index is 625. The lowest BCUT2D eigenvalue weighted by Crippen LogP contribution is -2.41. The molecule has 0 saturated carbocycles. The summed E-state index contributed by atoms with van der Waals surface area (Å²) in [6.07, 6.45) is 0. The lowest BCUT2D eigenvalue weighted by molar-refractivity contribution is -0.387. The molecule has 0 unspecified atom stereocenters. The van der Waals surface area contributed by atoms with Gasteiger partial charge in [-0.1, -0.05) is 12.1 Å². The molecule has 0 bridgehead atoms.